The molecular formula is C30H41O6P. The van der Waals surface area contributed by atoms with Gasteiger partial charge in [-0.1, -0.05) is 82.3 Å². The minimum Gasteiger partial charge on any atom is -0.478 e. The van der Waals surface area contributed by atoms with E-state index in [0.29, 0.717) is 28.0 Å². The maximum Gasteiger partial charge on any atom is 0.335 e. The molecule has 0 fully saturated rings. The second-order valence-electron chi connectivity index (χ2n) is 9.93. The molecule has 4 N–H and O–H groups in total. The van der Waals surface area contributed by atoms with Gasteiger partial charge in [-0.25, -0.2) is 4.79 Å². The van der Waals surface area contributed by atoms with E-state index in [0.717, 1.165) is 12.8 Å². The lowest BCUT2D eigenvalue weighted by Crippen LogP contribution is -2.33. The monoisotopic (exact) mass is 528 g/mol. The van der Waals surface area contributed by atoms with Crippen LogP contribution in [0.5, 0.6) is 0 Å². The zero-order valence-corrected chi connectivity index (χ0v) is 23.1. The van der Waals surface area contributed by atoms with E-state index in [1.165, 1.54) is 0 Å². The van der Waals surface area contributed by atoms with Crippen LogP contribution in [0.25, 0.3) is 0 Å². The average Bonchev–Trinajstić information content (AvgIpc) is 2.90. The topological polar surface area (TPSA) is 115 Å². The highest BCUT2D eigenvalue weighted by molar-refractivity contribution is 7.73. The number of benzene rings is 3. The van der Waals surface area contributed by atoms with Gasteiger partial charge in [0.2, 0.25) is 0 Å². The van der Waals surface area contributed by atoms with Crippen molar-refractivity contribution in [1.29, 1.82) is 0 Å². The third kappa shape index (κ3) is 11.4. The molecule has 0 saturated heterocycles. The van der Waals surface area contributed by atoms with Crippen LogP contribution in [-0.2, 0) is 4.57 Å². The van der Waals surface area contributed by atoms with Gasteiger partial charge in [0.25, 0.3) is 7.37 Å². The van der Waals surface area contributed by atoms with Crippen molar-refractivity contribution in [2.45, 2.75) is 40.5 Å². The lowest BCUT2D eigenvalue weighted by Gasteiger charge is -2.33. The SMILES string of the molecule is CC(C)CC(CO)(CO)CC(C)C.O=C(O)c1ccccc1.O=P(O)(c1ccccc1)c1ccccc1. The van der Waals surface area contributed by atoms with Crippen LogP contribution < -0.4 is 10.6 Å². The average molecular weight is 529 g/mol. The van der Waals surface area contributed by atoms with E-state index < -0.39 is 13.3 Å². The van der Waals surface area contributed by atoms with Crippen molar-refractivity contribution in [3.05, 3.63) is 96.6 Å². The third-order valence-corrected chi connectivity index (χ3v) is 7.58. The van der Waals surface area contributed by atoms with Crippen molar-refractivity contribution in [3.8, 4) is 0 Å². The zero-order chi connectivity index (χ0) is 27.9. The fourth-order valence-electron chi connectivity index (χ4n) is 4.11. The number of aromatic carboxylic acids is 1. The summed E-state index contributed by atoms with van der Waals surface area (Å²) < 4.78 is 12.2. The van der Waals surface area contributed by atoms with Gasteiger partial charge in [0.05, 0.1) is 18.8 Å². The molecular weight excluding hydrogens is 487 g/mol. The summed E-state index contributed by atoms with van der Waals surface area (Å²) in [5.41, 5.74) is 0.0694. The molecule has 3 aromatic carbocycles. The van der Waals surface area contributed by atoms with Crippen LogP contribution in [0, 0.1) is 17.3 Å². The van der Waals surface area contributed by atoms with Gasteiger partial charge in [0, 0.05) is 16.0 Å². The standard InChI is InChI=1S/C12H11O2P.C11H24O2.C7H6O2/c13-15(14,11-7-3-1-4-8-11)12-9-5-2-6-10-12;1-9(2)5-11(7-12,8-13)6-10(3)4;8-7(9)6-4-2-1-3-5-6/h1-10H,(H,13,14);9-10,12-13H,5-8H2,1-4H3;1-5H,(H,8,9). The van der Waals surface area contributed by atoms with Gasteiger partial charge in [-0.3, -0.25) is 4.57 Å². The van der Waals surface area contributed by atoms with Crippen molar-refractivity contribution < 1.29 is 29.6 Å². The largest absolute Gasteiger partial charge is 0.478 e. The van der Waals surface area contributed by atoms with E-state index >= 15 is 0 Å². The van der Waals surface area contributed by atoms with Crippen LogP contribution in [0.4, 0.5) is 0 Å². The number of carbonyl (C=O) groups is 1. The summed E-state index contributed by atoms with van der Waals surface area (Å²) >= 11 is 0. The molecule has 0 spiro atoms. The lowest BCUT2D eigenvalue weighted by molar-refractivity contribution is 0.0198. The van der Waals surface area contributed by atoms with Gasteiger partial charge >= 0.3 is 5.97 Å². The van der Waals surface area contributed by atoms with Crippen molar-refractivity contribution in [3.63, 3.8) is 0 Å². The number of carboxylic acid groups (broad SMARTS) is 1. The summed E-state index contributed by atoms with van der Waals surface area (Å²) in [4.78, 5) is 20.2. The molecule has 202 valence electrons. The van der Waals surface area contributed by atoms with Crippen molar-refractivity contribution >= 4 is 23.9 Å². The van der Waals surface area contributed by atoms with Gasteiger partial charge in [-0.2, -0.15) is 0 Å². The van der Waals surface area contributed by atoms with Gasteiger partial charge < -0.3 is 20.2 Å². The molecule has 37 heavy (non-hydrogen) atoms. The fourth-order valence-corrected chi connectivity index (χ4v) is 5.56. The van der Waals surface area contributed by atoms with Crippen molar-refractivity contribution in [1.82, 2.24) is 0 Å². The maximum atomic E-state index is 12.2. The minimum atomic E-state index is -3.40. The fraction of sp³-hybridized carbons (Fsp3) is 0.367. The summed E-state index contributed by atoms with van der Waals surface area (Å²) in [6.07, 6.45) is 1.80. The molecule has 0 aliphatic rings. The summed E-state index contributed by atoms with van der Waals surface area (Å²) in [5.74, 6) is 0.173. The zero-order valence-electron chi connectivity index (χ0n) is 22.2. The number of hydrogen-bond donors (Lipinski definition) is 4. The lowest BCUT2D eigenvalue weighted by atomic mass is 9.75. The van der Waals surface area contributed by atoms with E-state index in [-0.39, 0.29) is 18.6 Å². The predicted octanol–water partition coefficient (Wildman–Crippen LogP) is 5.34. The molecule has 0 bridgehead atoms. The smallest absolute Gasteiger partial charge is 0.335 e. The Bertz CT molecular complexity index is 1010. The highest BCUT2D eigenvalue weighted by Gasteiger charge is 2.30. The predicted molar refractivity (Wildman–Crippen MR) is 151 cm³/mol. The Hall–Kier alpha value is -2.76. The van der Waals surface area contributed by atoms with E-state index in [9.17, 15) is 24.5 Å². The maximum absolute atomic E-state index is 12.2. The number of hydrogen-bond acceptors (Lipinski definition) is 4. The Morgan fingerprint density at radius 2 is 1.03 bits per heavy atom. The minimum absolute atomic E-state index is 0.0971. The second kappa shape index (κ2) is 16.2. The molecule has 0 aliphatic carbocycles. The Kier molecular flexibility index (Phi) is 14.1. The molecule has 0 heterocycles. The first-order chi connectivity index (χ1) is 17.5. The Balaban J connectivity index is 0.000000287. The molecule has 6 nitrogen and oxygen atoms in total. The summed E-state index contributed by atoms with van der Waals surface area (Å²) in [6.45, 7) is 8.70. The third-order valence-electron chi connectivity index (χ3n) is 5.59. The molecule has 3 aromatic rings. The van der Waals surface area contributed by atoms with Gasteiger partial charge in [0.1, 0.15) is 0 Å². The van der Waals surface area contributed by atoms with Crippen LogP contribution in [0.3, 0.4) is 0 Å². The normalized spacial score (nSPS) is 11.3. The molecule has 0 aliphatic heterocycles. The number of rotatable bonds is 9. The van der Waals surface area contributed by atoms with Crippen molar-refractivity contribution in [2.24, 2.45) is 17.3 Å². The first-order valence-corrected chi connectivity index (χ1v) is 14.1. The Labute approximate surface area is 221 Å². The molecule has 0 atom stereocenters. The molecule has 0 aromatic heterocycles. The highest BCUT2D eigenvalue weighted by atomic mass is 31.2. The van der Waals surface area contributed by atoms with Crippen LogP contribution in [0.15, 0.2) is 91.0 Å². The van der Waals surface area contributed by atoms with Crippen LogP contribution in [0.1, 0.15) is 50.9 Å². The van der Waals surface area contributed by atoms with E-state index in [1.807, 2.05) is 12.1 Å². The number of aliphatic hydroxyl groups is 2. The Morgan fingerprint density at radius 3 is 1.27 bits per heavy atom. The molecule has 3 rings (SSSR count). The molecule has 0 radical (unpaired) electrons. The number of carboxylic acids is 1. The summed E-state index contributed by atoms with van der Waals surface area (Å²) in [7, 11) is -3.40. The van der Waals surface area contributed by atoms with Gasteiger partial charge in [-0.05, 0) is 61.1 Å². The molecule has 0 saturated carbocycles. The van der Waals surface area contributed by atoms with Crippen LogP contribution in [-0.4, -0.2) is 39.4 Å². The van der Waals surface area contributed by atoms with Gasteiger partial charge in [-0.15, -0.1) is 0 Å². The van der Waals surface area contributed by atoms with Crippen LogP contribution >= 0.6 is 7.37 Å². The quantitative estimate of drug-likeness (QED) is 0.279. The molecule has 7 heteroatoms. The second-order valence-corrected chi connectivity index (χ2v) is 12.1. The van der Waals surface area contributed by atoms with E-state index in [1.54, 1.807) is 78.9 Å². The molecule has 0 unspecified atom stereocenters. The van der Waals surface area contributed by atoms with Gasteiger partial charge in [0.15, 0.2) is 0 Å². The summed E-state index contributed by atoms with van der Waals surface area (Å²) in [5, 5.41) is 28.0. The summed E-state index contributed by atoms with van der Waals surface area (Å²) in [6, 6.07) is 25.7. The van der Waals surface area contributed by atoms with Crippen LogP contribution in [0.2, 0.25) is 0 Å². The van der Waals surface area contributed by atoms with Crippen molar-refractivity contribution in [2.75, 3.05) is 13.2 Å². The number of aliphatic hydroxyl groups excluding tert-OH is 2. The molecule has 0 amide bonds. The first-order valence-electron chi connectivity index (χ1n) is 12.4. The van der Waals surface area contributed by atoms with E-state index in [4.69, 9.17) is 5.11 Å². The van der Waals surface area contributed by atoms with E-state index in [2.05, 4.69) is 27.7 Å². The Morgan fingerprint density at radius 1 is 0.703 bits per heavy atom. The highest BCUT2D eigenvalue weighted by Crippen LogP contribution is 2.37. The first kappa shape index (κ1) is 32.3.